The third-order valence-electron chi connectivity index (χ3n) is 5.75. The molecule has 0 aromatic heterocycles. The average Bonchev–Trinajstić information content (AvgIpc) is 2.77. The Balaban J connectivity index is 2.18. The molecular weight excluding hydrogens is 457 g/mol. The van der Waals surface area contributed by atoms with Crippen LogP contribution in [0.3, 0.4) is 0 Å². The van der Waals surface area contributed by atoms with Gasteiger partial charge >= 0.3 is 0 Å². The molecule has 0 aliphatic carbocycles. The summed E-state index contributed by atoms with van der Waals surface area (Å²) in [6, 6.07) is 10.7. The Hall–Kier alpha value is -2.94. The molecule has 0 bridgehead atoms. The maximum absolute atomic E-state index is 14.3. The lowest BCUT2D eigenvalue weighted by atomic mass is 10.1. The fourth-order valence-electron chi connectivity index (χ4n) is 3.60. The van der Waals surface area contributed by atoms with Gasteiger partial charge in [0.15, 0.2) is 0 Å². The number of sulfonamides is 1. The third-order valence-corrected chi connectivity index (χ3v) is 6.94. The van der Waals surface area contributed by atoms with Crippen molar-refractivity contribution in [2.45, 2.75) is 53.1 Å². The van der Waals surface area contributed by atoms with Crippen LogP contribution in [0.25, 0.3) is 0 Å². The molecule has 0 spiro atoms. The Bertz CT molecular complexity index is 1120. The van der Waals surface area contributed by atoms with Crippen molar-refractivity contribution in [2.24, 2.45) is 0 Å². The molecule has 0 unspecified atom stereocenters. The minimum atomic E-state index is -3.56. The summed E-state index contributed by atoms with van der Waals surface area (Å²) in [5, 5.41) is 2.69. The largest absolute Gasteiger partial charge is 0.355 e. The Kier molecular flexibility index (Phi) is 9.61. The molecular formula is C25H34FN3O4S. The third kappa shape index (κ3) is 7.28. The Morgan fingerprint density at radius 3 is 2.35 bits per heavy atom. The summed E-state index contributed by atoms with van der Waals surface area (Å²) in [5.41, 5.74) is 2.86. The van der Waals surface area contributed by atoms with Gasteiger partial charge in [0, 0.05) is 31.6 Å². The van der Waals surface area contributed by atoms with Crippen LogP contribution in [-0.2, 0) is 26.2 Å². The number of rotatable bonds is 11. The zero-order valence-electron chi connectivity index (χ0n) is 20.5. The highest BCUT2D eigenvalue weighted by atomic mass is 32.2. The maximum Gasteiger partial charge on any atom is 0.242 e. The highest BCUT2D eigenvalue weighted by molar-refractivity contribution is 7.92. The summed E-state index contributed by atoms with van der Waals surface area (Å²) in [6.45, 7) is 7.69. The highest BCUT2D eigenvalue weighted by Crippen LogP contribution is 2.22. The van der Waals surface area contributed by atoms with Gasteiger partial charge in [0.05, 0.1) is 11.9 Å². The van der Waals surface area contributed by atoms with E-state index in [1.54, 1.807) is 44.2 Å². The SMILES string of the molecule is CCNC(=O)[C@@H](C)N(Cc1ccccc1F)C(=O)CCCN(c1ccc(C)c(C)c1)S(C)(=O)=O. The van der Waals surface area contributed by atoms with Gasteiger partial charge in [-0.25, -0.2) is 12.8 Å². The molecule has 186 valence electrons. The van der Waals surface area contributed by atoms with Crippen LogP contribution >= 0.6 is 0 Å². The van der Waals surface area contributed by atoms with Crippen molar-refractivity contribution in [3.8, 4) is 0 Å². The predicted molar refractivity (Wildman–Crippen MR) is 132 cm³/mol. The van der Waals surface area contributed by atoms with E-state index < -0.39 is 21.9 Å². The van der Waals surface area contributed by atoms with E-state index in [0.29, 0.717) is 17.8 Å². The molecule has 0 saturated carbocycles. The van der Waals surface area contributed by atoms with E-state index in [0.717, 1.165) is 17.4 Å². The molecule has 0 heterocycles. The van der Waals surface area contributed by atoms with Gasteiger partial charge in [0.1, 0.15) is 11.9 Å². The molecule has 2 aromatic rings. The van der Waals surface area contributed by atoms with Crippen LogP contribution in [0.4, 0.5) is 10.1 Å². The first-order chi connectivity index (χ1) is 16.0. The summed E-state index contributed by atoms with van der Waals surface area (Å²) in [5.74, 6) is -1.14. The Morgan fingerprint density at radius 1 is 1.09 bits per heavy atom. The number of nitrogens with zero attached hydrogens (tertiary/aromatic N) is 2. The van der Waals surface area contributed by atoms with E-state index in [4.69, 9.17) is 0 Å². The minimum absolute atomic E-state index is 0.00899. The summed E-state index contributed by atoms with van der Waals surface area (Å²) < 4.78 is 40.4. The van der Waals surface area contributed by atoms with Crippen LogP contribution < -0.4 is 9.62 Å². The van der Waals surface area contributed by atoms with Crippen LogP contribution in [0.1, 0.15) is 43.4 Å². The summed E-state index contributed by atoms with van der Waals surface area (Å²) >= 11 is 0. The monoisotopic (exact) mass is 491 g/mol. The molecule has 0 saturated heterocycles. The number of aryl methyl sites for hydroxylation is 2. The van der Waals surface area contributed by atoms with Crippen molar-refractivity contribution in [3.63, 3.8) is 0 Å². The first-order valence-electron chi connectivity index (χ1n) is 11.3. The van der Waals surface area contributed by atoms with Crippen molar-refractivity contribution in [2.75, 3.05) is 23.7 Å². The van der Waals surface area contributed by atoms with Crippen molar-refractivity contribution in [1.82, 2.24) is 10.2 Å². The van der Waals surface area contributed by atoms with Crippen molar-refractivity contribution < 1.29 is 22.4 Å². The summed E-state index contributed by atoms with van der Waals surface area (Å²) in [6.07, 6.45) is 1.38. The number of carbonyl (C=O) groups excluding carboxylic acids is 2. The lowest BCUT2D eigenvalue weighted by Gasteiger charge is -2.29. The van der Waals surface area contributed by atoms with Crippen LogP contribution in [0.5, 0.6) is 0 Å². The number of likely N-dealkylation sites (N-methyl/N-ethyl adjacent to an activating group) is 1. The topological polar surface area (TPSA) is 86.8 Å². The second-order valence-corrected chi connectivity index (χ2v) is 10.3. The molecule has 1 N–H and O–H groups in total. The number of benzene rings is 2. The van der Waals surface area contributed by atoms with E-state index in [2.05, 4.69) is 5.32 Å². The molecule has 2 amide bonds. The van der Waals surface area contributed by atoms with E-state index in [9.17, 15) is 22.4 Å². The molecule has 0 radical (unpaired) electrons. The molecule has 1 atom stereocenters. The van der Waals surface area contributed by atoms with Gasteiger partial charge in [-0.05, 0) is 63.4 Å². The van der Waals surface area contributed by atoms with Gasteiger partial charge in [0.25, 0.3) is 0 Å². The normalized spacial score (nSPS) is 12.2. The standard InChI is InChI=1S/C25H34FN3O4S/c1-6-27-25(31)20(4)28(17-21-10-7-8-11-23(21)26)24(30)12-9-15-29(34(5,32)33)22-14-13-18(2)19(3)16-22/h7-8,10-11,13-14,16,20H,6,9,12,15,17H2,1-5H3,(H,27,31)/t20-/m1/s1. The second-order valence-electron chi connectivity index (χ2n) is 8.39. The van der Waals surface area contributed by atoms with Crippen LogP contribution in [-0.4, -0.2) is 50.5 Å². The quantitative estimate of drug-likeness (QED) is 0.521. The second kappa shape index (κ2) is 12.0. The lowest BCUT2D eigenvalue weighted by molar-refractivity contribution is -0.140. The molecule has 2 rings (SSSR count). The number of hydrogen-bond acceptors (Lipinski definition) is 4. The molecule has 2 aromatic carbocycles. The van der Waals surface area contributed by atoms with Gasteiger partial charge in [-0.1, -0.05) is 24.3 Å². The van der Waals surface area contributed by atoms with Gasteiger partial charge in [0.2, 0.25) is 21.8 Å². The van der Waals surface area contributed by atoms with Gasteiger partial charge < -0.3 is 10.2 Å². The van der Waals surface area contributed by atoms with E-state index in [-0.39, 0.29) is 37.7 Å². The van der Waals surface area contributed by atoms with Crippen LogP contribution in [0, 0.1) is 19.7 Å². The highest BCUT2D eigenvalue weighted by Gasteiger charge is 2.27. The minimum Gasteiger partial charge on any atom is -0.355 e. The number of amides is 2. The Labute approximate surface area is 202 Å². The van der Waals surface area contributed by atoms with Gasteiger partial charge in [-0.3, -0.25) is 13.9 Å². The zero-order valence-corrected chi connectivity index (χ0v) is 21.3. The lowest BCUT2D eigenvalue weighted by Crippen LogP contribution is -2.47. The summed E-state index contributed by atoms with van der Waals surface area (Å²) in [4.78, 5) is 26.9. The first-order valence-corrected chi connectivity index (χ1v) is 13.2. The predicted octanol–water partition coefficient (Wildman–Crippen LogP) is 3.54. The van der Waals surface area contributed by atoms with E-state index >= 15 is 0 Å². The van der Waals surface area contributed by atoms with Gasteiger partial charge in [-0.2, -0.15) is 0 Å². The fraction of sp³-hybridized carbons (Fsp3) is 0.440. The molecule has 0 aliphatic rings. The van der Waals surface area contributed by atoms with Gasteiger partial charge in [-0.15, -0.1) is 0 Å². The molecule has 9 heteroatoms. The molecule has 0 aliphatic heterocycles. The maximum atomic E-state index is 14.3. The summed E-state index contributed by atoms with van der Waals surface area (Å²) in [7, 11) is -3.56. The molecule has 0 fully saturated rings. The number of nitrogens with one attached hydrogen (secondary N) is 1. The first kappa shape index (κ1) is 27.3. The Morgan fingerprint density at radius 2 is 1.76 bits per heavy atom. The van der Waals surface area contributed by atoms with Crippen molar-refractivity contribution >= 4 is 27.5 Å². The van der Waals surface area contributed by atoms with Crippen molar-refractivity contribution in [1.29, 1.82) is 0 Å². The fourth-order valence-corrected chi connectivity index (χ4v) is 4.56. The van der Waals surface area contributed by atoms with E-state index in [1.807, 2.05) is 19.9 Å². The van der Waals surface area contributed by atoms with Crippen LogP contribution in [0.15, 0.2) is 42.5 Å². The van der Waals surface area contributed by atoms with Crippen molar-refractivity contribution in [3.05, 3.63) is 65.0 Å². The molecule has 34 heavy (non-hydrogen) atoms. The number of hydrogen-bond donors (Lipinski definition) is 1. The smallest absolute Gasteiger partial charge is 0.242 e. The zero-order chi connectivity index (χ0) is 25.5. The number of anilines is 1. The molecule has 7 nitrogen and oxygen atoms in total. The average molecular weight is 492 g/mol. The van der Waals surface area contributed by atoms with E-state index in [1.165, 1.54) is 15.3 Å². The number of carbonyl (C=O) groups is 2. The number of halogens is 1. The van der Waals surface area contributed by atoms with Crippen LogP contribution in [0.2, 0.25) is 0 Å².